The van der Waals surface area contributed by atoms with Crippen LogP contribution >= 0.6 is 0 Å². The SMILES string of the molecule is COc1cccc(C(=O)N2CCC(C(NC(=O)c3ccccc3C)C(=O)NC(C)C(C)C)CC2)c1. The number of nitrogens with one attached hydrogen (secondary N) is 2. The molecule has 0 aliphatic carbocycles. The van der Waals surface area contributed by atoms with Gasteiger partial charge in [-0.15, -0.1) is 0 Å². The molecule has 1 aliphatic rings. The van der Waals surface area contributed by atoms with Crippen molar-refractivity contribution >= 4 is 17.7 Å². The fourth-order valence-electron chi connectivity index (χ4n) is 4.30. The lowest BCUT2D eigenvalue weighted by molar-refractivity contribution is -0.125. The van der Waals surface area contributed by atoms with E-state index in [1.165, 1.54) is 0 Å². The zero-order valence-corrected chi connectivity index (χ0v) is 21.3. The van der Waals surface area contributed by atoms with E-state index in [9.17, 15) is 14.4 Å². The number of rotatable bonds is 8. The van der Waals surface area contributed by atoms with Crippen LogP contribution in [0, 0.1) is 18.8 Å². The topological polar surface area (TPSA) is 87.7 Å². The van der Waals surface area contributed by atoms with Crippen LogP contribution in [0.5, 0.6) is 5.75 Å². The van der Waals surface area contributed by atoms with Gasteiger partial charge in [-0.05, 0) is 68.4 Å². The molecule has 2 aromatic carbocycles. The number of ether oxygens (including phenoxy) is 1. The molecule has 2 unspecified atom stereocenters. The van der Waals surface area contributed by atoms with E-state index in [1.807, 2.05) is 38.1 Å². The molecule has 0 saturated carbocycles. The van der Waals surface area contributed by atoms with Gasteiger partial charge in [0.25, 0.3) is 11.8 Å². The standard InChI is InChI=1S/C28H37N3O4/c1-18(2)20(4)29-27(33)25(30-26(32)24-12-7-6-9-19(24)3)21-13-15-31(16-14-21)28(34)22-10-8-11-23(17-22)35-5/h6-12,17-18,20-21,25H,13-16H2,1-5H3,(H,29,33)(H,30,32). The Morgan fingerprint density at radius 1 is 0.971 bits per heavy atom. The Balaban J connectivity index is 1.73. The summed E-state index contributed by atoms with van der Waals surface area (Å²) in [5, 5.41) is 6.08. The van der Waals surface area contributed by atoms with E-state index < -0.39 is 6.04 Å². The van der Waals surface area contributed by atoms with E-state index in [-0.39, 0.29) is 35.6 Å². The maximum Gasteiger partial charge on any atom is 0.253 e. The van der Waals surface area contributed by atoms with Gasteiger partial charge in [-0.3, -0.25) is 14.4 Å². The summed E-state index contributed by atoms with van der Waals surface area (Å²) < 4.78 is 5.24. The number of benzene rings is 2. The van der Waals surface area contributed by atoms with E-state index >= 15 is 0 Å². The zero-order chi connectivity index (χ0) is 25.5. The molecule has 1 saturated heterocycles. The van der Waals surface area contributed by atoms with Crippen LogP contribution in [-0.4, -0.2) is 54.9 Å². The van der Waals surface area contributed by atoms with Gasteiger partial charge in [-0.25, -0.2) is 0 Å². The maximum atomic E-state index is 13.3. The summed E-state index contributed by atoms with van der Waals surface area (Å²) in [5.41, 5.74) is 2.00. The Labute approximate surface area is 208 Å². The molecule has 3 amide bonds. The Bertz CT molecular complexity index is 1040. The van der Waals surface area contributed by atoms with Gasteiger partial charge < -0.3 is 20.3 Å². The number of hydrogen-bond donors (Lipinski definition) is 2. The van der Waals surface area contributed by atoms with Gasteiger partial charge in [0.15, 0.2) is 0 Å². The Morgan fingerprint density at radius 2 is 1.66 bits per heavy atom. The average Bonchev–Trinajstić information content (AvgIpc) is 2.87. The molecule has 3 rings (SSSR count). The highest BCUT2D eigenvalue weighted by atomic mass is 16.5. The summed E-state index contributed by atoms with van der Waals surface area (Å²) in [7, 11) is 1.58. The molecule has 1 fully saturated rings. The van der Waals surface area contributed by atoms with Crippen LogP contribution in [0.15, 0.2) is 48.5 Å². The highest BCUT2D eigenvalue weighted by Gasteiger charge is 2.35. The van der Waals surface area contributed by atoms with E-state index in [0.717, 1.165) is 5.56 Å². The Morgan fingerprint density at radius 3 is 2.29 bits per heavy atom. The largest absolute Gasteiger partial charge is 0.497 e. The minimum absolute atomic E-state index is 0.0184. The smallest absolute Gasteiger partial charge is 0.253 e. The first kappa shape index (κ1) is 26.3. The lowest BCUT2D eigenvalue weighted by Crippen LogP contribution is -2.55. The third-order valence-corrected chi connectivity index (χ3v) is 6.94. The molecular formula is C28H37N3O4. The normalized spacial score (nSPS) is 15.9. The molecule has 188 valence electrons. The van der Waals surface area contributed by atoms with Crippen molar-refractivity contribution in [3.05, 3.63) is 65.2 Å². The van der Waals surface area contributed by atoms with E-state index in [0.29, 0.717) is 42.8 Å². The summed E-state index contributed by atoms with van der Waals surface area (Å²) >= 11 is 0. The van der Waals surface area contributed by atoms with Crippen molar-refractivity contribution < 1.29 is 19.1 Å². The number of nitrogens with zero attached hydrogens (tertiary/aromatic N) is 1. The molecule has 0 spiro atoms. The predicted molar refractivity (Wildman–Crippen MR) is 136 cm³/mol. The highest BCUT2D eigenvalue weighted by Crippen LogP contribution is 2.24. The number of carbonyl (C=O) groups excluding carboxylic acids is 3. The fraction of sp³-hybridized carbons (Fsp3) is 0.464. The molecule has 2 N–H and O–H groups in total. The summed E-state index contributed by atoms with van der Waals surface area (Å²) in [6.07, 6.45) is 1.25. The third-order valence-electron chi connectivity index (χ3n) is 6.94. The number of aryl methyl sites for hydroxylation is 1. The molecule has 1 heterocycles. The van der Waals surface area contributed by atoms with Crippen molar-refractivity contribution in [3.8, 4) is 5.75 Å². The summed E-state index contributed by atoms with van der Waals surface area (Å²) in [4.78, 5) is 41.2. The Hall–Kier alpha value is -3.35. The summed E-state index contributed by atoms with van der Waals surface area (Å²) in [6, 6.07) is 13.8. The van der Waals surface area contributed by atoms with Gasteiger partial charge in [0.05, 0.1) is 7.11 Å². The first-order chi connectivity index (χ1) is 16.7. The maximum absolute atomic E-state index is 13.3. The summed E-state index contributed by atoms with van der Waals surface area (Å²) in [6.45, 7) is 8.99. The van der Waals surface area contributed by atoms with Gasteiger partial charge in [-0.2, -0.15) is 0 Å². The minimum atomic E-state index is -0.669. The molecular weight excluding hydrogens is 442 g/mol. The van der Waals surface area contributed by atoms with Crippen LogP contribution in [0.4, 0.5) is 0 Å². The van der Waals surface area contributed by atoms with Crippen molar-refractivity contribution in [1.82, 2.24) is 15.5 Å². The second-order valence-electron chi connectivity index (χ2n) is 9.67. The third kappa shape index (κ3) is 6.62. The first-order valence-electron chi connectivity index (χ1n) is 12.3. The Kier molecular flexibility index (Phi) is 8.90. The van der Waals surface area contributed by atoms with Crippen LogP contribution in [0.25, 0.3) is 0 Å². The second-order valence-corrected chi connectivity index (χ2v) is 9.67. The van der Waals surface area contributed by atoms with Gasteiger partial charge in [-0.1, -0.05) is 38.1 Å². The van der Waals surface area contributed by atoms with Crippen molar-refractivity contribution in [3.63, 3.8) is 0 Å². The first-order valence-corrected chi connectivity index (χ1v) is 12.3. The zero-order valence-electron chi connectivity index (χ0n) is 21.3. The molecule has 0 radical (unpaired) electrons. The van der Waals surface area contributed by atoms with Gasteiger partial charge in [0.2, 0.25) is 5.91 Å². The van der Waals surface area contributed by atoms with Crippen molar-refractivity contribution in [2.75, 3.05) is 20.2 Å². The van der Waals surface area contributed by atoms with E-state index in [2.05, 4.69) is 24.5 Å². The lowest BCUT2D eigenvalue weighted by Gasteiger charge is -2.36. The number of carbonyl (C=O) groups is 3. The van der Waals surface area contributed by atoms with Crippen molar-refractivity contribution in [1.29, 1.82) is 0 Å². The second kappa shape index (κ2) is 11.9. The van der Waals surface area contributed by atoms with E-state index in [4.69, 9.17) is 4.74 Å². The number of methoxy groups -OCH3 is 1. The summed E-state index contributed by atoms with van der Waals surface area (Å²) in [5.74, 6) is 0.355. The highest BCUT2D eigenvalue weighted by molar-refractivity contribution is 5.99. The van der Waals surface area contributed by atoms with Crippen LogP contribution in [-0.2, 0) is 4.79 Å². The van der Waals surface area contributed by atoms with Crippen LogP contribution < -0.4 is 15.4 Å². The monoisotopic (exact) mass is 479 g/mol. The molecule has 7 nitrogen and oxygen atoms in total. The number of amides is 3. The number of piperidine rings is 1. The number of likely N-dealkylation sites (tertiary alicyclic amines) is 1. The van der Waals surface area contributed by atoms with Crippen LogP contribution in [0.3, 0.4) is 0 Å². The molecule has 1 aliphatic heterocycles. The fourth-order valence-corrected chi connectivity index (χ4v) is 4.30. The quantitative estimate of drug-likeness (QED) is 0.603. The van der Waals surface area contributed by atoms with Crippen molar-refractivity contribution in [2.45, 2.75) is 52.6 Å². The molecule has 0 aromatic heterocycles. The van der Waals surface area contributed by atoms with Crippen LogP contribution in [0.2, 0.25) is 0 Å². The molecule has 2 atom stereocenters. The van der Waals surface area contributed by atoms with Crippen LogP contribution in [0.1, 0.15) is 59.9 Å². The molecule has 7 heteroatoms. The lowest BCUT2D eigenvalue weighted by atomic mass is 9.87. The minimum Gasteiger partial charge on any atom is -0.497 e. The van der Waals surface area contributed by atoms with Gasteiger partial charge in [0, 0.05) is 30.3 Å². The molecule has 0 bridgehead atoms. The van der Waals surface area contributed by atoms with Gasteiger partial charge >= 0.3 is 0 Å². The van der Waals surface area contributed by atoms with E-state index in [1.54, 1.807) is 36.3 Å². The average molecular weight is 480 g/mol. The van der Waals surface area contributed by atoms with Gasteiger partial charge in [0.1, 0.15) is 11.8 Å². The molecule has 35 heavy (non-hydrogen) atoms. The molecule has 2 aromatic rings. The predicted octanol–water partition coefficient (Wildman–Crippen LogP) is 3.82. The number of hydrogen-bond acceptors (Lipinski definition) is 4. The van der Waals surface area contributed by atoms with Crippen molar-refractivity contribution in [2.24, 2.45) is 11.8 Å².